The molecule has 6 nitrogen and oxygen atoms in total. The van der Waals surface area contributed by atoms with Crippen LogP contribution in [0.3, 0.4) is 0 Å². The van der Waals surface area contributed by atoms with Crippen LogP contribution in [0.2, 0.25) is 0 Å². The number of amides is 1. The predicted molar refractivity (Wildman–Crippen MR) is 120 cm³/mol. The maximum atomic E-state index is 13.0. The van der Waals surface area contributed by atoms with Gasteiger partial charge in [0.1, 0.15) is 5.52 Å². The molecule has 3 aromatic rings. The second kappa shape index (κ2) is 9.56. The van der Waals surface area contributed by atoms with Crippen molar-refractivity contribution in [2.45, 2.75) is 37.7 Å². The molecule has 0 atom stereocenters. The van der Waals surface area contributed by atoms with E-state index in [-0.39, 0.29) is 17.8 Å². The highest BCUT2D eigenvalue weighted by Gasteiger charge is 2.28. The molecule has 0 bridgehead atoms. The molecule has 1 aromatic heterocycles. The first-order chi connectivity index (χ1) is 15.0. The first kappa shape index (κ1) is 21.4. The molecule has 0 saturated carbocycles. The van der Waals surface area contributed by atoms with Gasteiger partial charge < -0.3 is 14.1 Å². The van der Waals surface area contributed by atoms with E-state index in [4.69, 9.17) is 9.15 Å². The van der Waals surface area contributed by atoms with Crippen molar-refractivity contribution in [3.05, 3.63) is 59.2 Å². The Hall–Kier alpha value is -2.80. The maximum Gasteiger partial charge on any atom is 0.309 e. The number of likely N-dealkylation sites (tertiary alicyclic amines) is 1. The lowest BCUT2D eigenvalue weighted by molar-refractivity contribution is -0.149. The molecular weight excluding hydrogens is 412 g/mol. The van der Waals surface area contributed by atoms with Crippen molar-refractivity contribution in [3.8, 4) is 0 Å². The number of rotatable bonds is 6. The van der Waals surface area contributed by atoms with Crippen LogP contribution in [0.15, 0.2) is 52.1 Å². The zero-order valence-electron chi connectivity index (χ0n) is 17.8. The Morgan fingerprint density at radius 3 is 2.71 bits per heavy atom. The number of oxazole rings is 1. The van der Waals surface area contributed by atoms with Gasteiger partial charge in [-0.2, -0.15) is 0 Å². The normalized spacial score (nSPS) is 14.7. The van der Waals surface area contributed by atoms with Gasteiger partial charge in [-0.15, -0.1) is 0 Å². The number of fused-ring (bicyclic) bond motifs is 1. The number of nitrogens with zero attached hydrogens (tertiary/aromatic N) is 2. The molecule has 7 heteroatoms. The van der Waals surface area contributed by atoms with Crippen LogP contribution >= 0.6 is 11.8 Å². The average Bonchev–Trinajstić information content (AvgIpc) is 3.22. The first-order valence-corrected chi connectivity index (χ1v) is 11.6. The van der Waals surface area contributed by atoms with Gasteiger partial charge in [0.2, 0.25) is 0 Å². The Bertz CT molecular complexity index is 1090. The van der Waals surface area contributed by atoms with Crippen molar-refractivity contribution >= 4 is 34.7 Å². The third kappa shape index (κ3) is 4.93. The van der Waals surface area contributed by atoms with Crippen molar-refractivity contribution < 1.29 is 18.7 Å². The fraction of sp³-hybridized carbons (Fsp3) is 0.375. The van der Waals surface area contributed by atoms with Crippen molar-refractivity contribution in [3.63, 3.8) is 0 Å². The highest BCUT2D eigenvalue weighted by atomic mass is 32.2. The third-order valence-corrected chi connectivity index (χ3v) is 6.44. The molecular formula is C24H26N2O4S. The summed E-state index contributed by atoms with van der Waals surface area (Å²) in [5, 5.41) is 0.627. The Morgan fingerprint density at radius 1 is 1.19 bits per heavy atom. The van der Waals surface area contributed by atoms with Crippen LogP contribution in [0.25, 0.3) is 11.1 Å². The van der Waals surface area contributed by atoms with Gasteiger partial charge in [-0.1, -0.05) is 36.0 Å². The van der Waals surface area contributed by atoms with Gasteiger partial charge in [0.15, 0.2) is 5.58 Å². The Labute approximate surface area is 186 Å². The molecule has 1 aliphatic rings. The largest absolute Gasteiger partial charge is 0.466 e. The average molecular weight is 439 g/mol. The van der Waals surface area contributed by atoms with Gasteiger partial charge in [0.05, 0.1) is 12.5 Å². The molecule has 0 unspecified atom stereocenters. The number of benzene rings is 2. The van der Waals surface area contributed by atoms with Crippen LogP contribution in [-0.4, -0.2) is 41.5 Å². The highest BCUT2D eigenvalue weighted by Crippen LogP contribution is 2.28. The lowest BCUT2D eigenvalue weighted by atomic mass is 9.96. The highest BCUT2D eigenvalue weighted by molar-refractivity contribution is 7.98. The molecule has 0 spiro atoms. The summed E-state index contributed by atoms with van der Waals surface area (Å²) in [5.41, 5.74) is 4.47. The molecule has 1 fully saturated rings. The zero-order chi connectivity index (χ0) is 21.8. The van der Waals surface area contributed by atoms with E-state index in [1.165, 1.54) is 11.8 Å². The van der Waals surface area contributed by atoms with Crippen LogP contribution in [0, 0.1) is 12.8 Å². The van der Waals surface area contributed by atoms with Crippen molar-refractivity contribution in [1.29, 1.82) is 0 Å². The minimum Gasteiger partial charge on any atom is -0.466 e. The summed E-state index contributed by atoms with van der Waals surface area (Å²) < 4.78 is 10.9. The van der Waals surface area contributed by atoms with Crippen LogP contribution in [0.4, 0.5) is 0 Å². The number of thioether (sulfide) groups is 1. The van der Waals surface area contributed by atoms with E-state index in [0.717, 1.165) is 22.2 Å². The number of aromatic nitrogens is 1. The number of carbonyl (C=O) groups excluding carboxylic acids is 2. The number of carbonyl (C=O) groups is 2. The lowest BCUT2D eigenvalue weighted by Crippen LogP contribution is -2.40. The summed E-state index contributed by atoms with van der Waals surface area (Å²) in [6, 6.07) is 13.6. The van der Waals surface area contributed by atoms with Crippen LogP contribution < -0.4 is 0 Å². The quantitative estimate of drug-likeness (QED) is 0.405. The minimum absolute atomic E-state index is 0.00615. The maximum absolute atomic E-state index is 13.0. The monoisotopic (exact) mass is 438 g/mol. The summed E-state index contributed by atoms with van der Waals surface area (Å²) in [4.78, 5) is 31.3. The molecule has 2 heterocycles. The summed E-state index contributed by atoms with van der Waals surface area (Å²) in [6.07, 6.45) is 1.30. The van der Waals surface area contributed by atoms with Crippen LogP contribution in [0.1, 0.15) is 41.3 Å². The SMILES string of the molecule is CCOC(=O)C1CCN(C(=O)c2cccc(CSc3nc4c(C)cccc4o3)c2)CC1. The van der Waals surface area contributed by atoms with E-state index >= 15 is 0 Å². The smallest absolute Gasteiger partial charge is 0.309 e. The van der Waals surface area contributed by atoms with E-state index < -0.39 is 0 Å². The Balaban J connectivity index is 1.37. The number of para-hydroxylation sites is 1. The zero-order valence-corrected chi connectivity index (χ0v) is 18.6. The van der Waals surface area contributed by atoms with Crippen LogP contribution in [-0.2, 0) is 15.3 Å². The topological polar surface area (TPSA) is 72.6 Å². The standard InChI is InChI=1S/C24H26N2O4S/c1-3-29-23(28)18-10-12-26(13-11-18)22(27)19-8-5-7-17(14-19)15-31-24-25-21-16(2)6-4-9-20(21)30-24/h4-9,14,18H,3,10-13,15H2,1-2H3. The molecule has 31 heavy (non-hydrogen) atoms. The molecule has 4 rings (SSSR count). The van der Waals surface area contributed by atoms with Crippen molar-refractivity contribution in [2.75, 3.05) is 19.7 Å². The Morgan fingerprint density at radius 2 is 1.97 bits per heavy atom. The summed E-state index contributed by atoms with van der Waals surface area (Å²) in [7, 11) is 0. The fourth-order valence-electron chi connectivity index (χ4n) is 3.83. The summed E-state index contributed by atoms with van der Waals surface area (Å²) in [5.74, 6) is 0.416. The molecule has 1 aliphatic heterocycles. The first-order valence-electron chi connectivity index (χ1n) is 10.6. The van der Waals surface area contributed by atoms with Gasteiger partial charge in [-0.3, -0.25) is 9.59 Å². The molecule has 0 N–H and O–H groups in total. The van der Waals surface area contributed by atoms with E-state index in [1.807, 2.05) is 61.2 Å². The number of aryl methyl sites for hydroxylation is 1. The van der Waals surface area contributed by atoms with Crippen LogP contribution in [0.5, 0.6) is 0 Å². The molecule has 0 radical (unpaired) electrons. The van der Waals surface area contributed by atoms with Gasteiger partial charge in [0.25, 0.3) is 11.1 Å². The lowest BCUT2D eigenvalue weighted by Gasteiger charge is -2.31. The molecule has 2 aromatic carbocycles. The van der Waals surface area contributed by atoms with Crippen molar-refractivity contribution in [1.82, 2.24) is 9.88 Å². The molecule has 1 amide bonds. The van der Waals surface area contributed by atoms with E-state index in [0.29, 0.717) is 49.1 Å². The van der Waals surface area contributed by atoms with Crippen molar-refractivity contribution in [2.24, 2.45) is 5.92 Å². The van der Waals surface area contributed by atoms with Gasteiger partial charge in [0, 0.05) is 24.4 Å². The minimum atomic E-state index is -0.150. The number of esters is 1. The second-order valence-corrected chi connectivity index (χ2v) is 8.64. The third-order valence-electron chi connectivity index (χ3n) is 5.54. The number of hydrogen-bond donors (Lipinski definition) is 0. The summed E-state index contributed by atoms with van der Waals surface area (Å²) >= 11 is 1.52. The predicted octanol–water partition coefficient (Wildman–Crippen LogP) is 4.84. The Kier molecular flexibility index (Phi) is 6.61. The van der Waals surface area contributed by atoms with E-state index in [2.05, 4.69) is 4.98 Å². The molecule has 162 valence electrons. The molecule has 1 saturated heterocycles. The molecule has 0 aliphatic carbocycles. The van der Waals surface area contributed by atoms with E-state index in [9.17, 15) is 9.59 Å². The van der Waals surface area contributed by atoms with Gasteiger partial charge in [-0.05, 0) is 56.0 Å². The van der Waals surface area contributed by atoms with Gasteiger partial charge >= 0.3 is 5.97 Å². The second-order valence-electron chi connectivity index (χ2n) is 7.71. The fourth-order valence-corrected chi connectivity index (χ4v) is 4.60. The summed E-state index contributed by atoms with van der Waals surface area (Å²) in [6.45, 7) is 5.37. The number of hydrogen-bond acceptors (Lipinski definition) is 6. The number of piperidine rings is 1. The number of ether oxygens (including phenoxy) is 1. The van der Waals surface area contributed by atoms with Gasteiger partial charge in [-0.25, -0.2) is 4.98 Å². The van der Waals surface area contributed by atoms with E-state index in [1.54, 1.807) is 0 Å².